The molecule has 0 saturated heterocycles. The minimum absolute atomic E-state index is 0.727. The second kappa shape index (κ2) is 11.7. The van der Waals surface area contributed by atoms with Crippen LogP contribution in [0.3, 0.4) is 0 Å². The summed E-state index contributed by atoms with van der Waals surface area (Å²) in [6, 6.07) is 24.4. The van der Waals surface area contributed by atoms with E-state index in [1.807, 2.05) is 48.8 Å². The van der Waals surface area contributed by atoms with Gasteiger partial charge in [-0.15, -0.1) is 0 Å². The van der Waals surface area contributed by atoms with E-state index >= 15 is 0 Å². The lowest BCUT2D eigenvalue weighted by Crippen LogP contribution is -2.00. The van der Waals surface area contributed by atoms with E-state index in [2.05, 4.69) is 46.4 Å². The largest absolute Gasteiger partial charge is 0.494 e. The molecule has 0 atom stereocenters. The van der Waals surface area contributed by atoms with E-state index in [-0.39, 0.29) is 0 Å². The third-order valence-corrected chi connectivity index (χ3v) is 5.23. The number of aromatic nitrogens is 2. The predicted molar refractivity (Wildman–Crippen MR) is 129 cm³/mol. The standard InChI is InChI=1S/C28H28N2O2/c1(3-17-31-27-13-5-9-23(19-27)25-11-7-15-29-21-25)2-4-18-32-28-14-6-10-24(20-28)26-12-8-16-30-22-26/h5-16,19-22H,1-4,17-18H2. The zero-order valence-electron chi connectivity index (χ0n) is 18.2. The van der Waals surface area contributed by atoms with Crippen LogP contribution in [0.4, 0.5) is 0 Å². The monoisotopic (exact) mass is 424 g/mol. The Morgan fingerprint density at radius 1 is 0.500 bits per heavy atom. The Kier molecular flexibility index (Phi) is 7.86. The molecule has 2 aromatic carbocycles. The Hall–Kier alpha value is -3.66. The van der Waals surface area contributed by atoms with Gasteiger partial charge in [-0.2, -0.15) is 0 Å². The third kappa shape index (κ3) is 6.42. The van der Waals surface area contributed by atoms with Crippen LogP contribution in [-0.4, -0.2) is 23.2 Å². The first-order valence-electron chi connectivity index (χ1n) is 11.1. The first kappa shape index (κ1) is 21.6. The maximum absolute atomic E-state index is 5.94. The average Bonchev–Trinajstić information content (AvgIpc) is 2.87. The SMILES string of the molecule is c1cncc(-c2cccc(OCCCCCCOc3cccc(-c4cccnc4)c3)c2)c1. The van der Waals surface area contributed by atoms with Crippen molar-refractivity contribution in [3.05, 3.63) is 97.6 Å². The van der Waals surface area contributed by atoms with Crippen molar-refractivity contribution >= 4 is 0 Å². The molecule has 0 amide bonds. The molecule has 4 aromatic rings. The summed E-state index contributed by atoms with van der Waals surface area (Å²) >= 11 is 0. The summed E-state index contributed by atoms with van der Waals surface area (Å²) in [5.74, 6) is 1.81. The molecule has 0 unspecified atom stereocenters. The molecule has 4 nitrogen and oxygen atoms in total. The van der Waals surface area contributed by atoms with Gasteiger partial charge in [0.15, 0.2) is 0 Å². The van der Waals surface area contributed by atoms with E-state index < -0.39 is 0 Å². The Bertz CT molecular complexity index is 996. The van der Waals surface area contributed by atoms with E-state index in [0.29, 0.717) is 0 Å². The topological polar surface area (TPSA) is 44.2 Å². The molecule has 2 heterocycles. The minimum Gasteiger partial charge on any atom is -0.494 e. The summed E-state index contributed by atoms with van der Waals surface area (Å²) in [5, 5.41) is 0. The van der Waals surface area contributed by atoms with E-state index in [4.69, 9.17) is 9.47 Å². The van der Waals surface area contributed by atoms with E-state index in [1.54, 1.807) is 12.4 Å². The smallest absolute Gasteiger partial charge is 0.119 e. The molecule has 0 bridgehead atoms. The number of hydrogen-bond acceptors (Lipinski definition) is 4. The second-order valence-electron chi connectivity index (χ2n) is 7.65. The van der Waals surface area contributed by atoms with Crippen molar-refractivity contribution in [1.29, 1.82) is 0 Å². The highest BCUT2D eigenvalue weighted by molar-refractivity contribution is 5.64. The Balaban J connectivity index is 1.12. The van der Waals surface area contributed by atoms with Crippen molar-refractivity contribution in [3.8, 4) is 33.8 Å². The molecule has 0 aliphatic rings. The van der Waals surface area contributed by atoms with Crippen molar-refractivity contribution in [3.63, 3.8) is 0 Å². The van der Waals surface area contributed by atoms with Gasteiger partial charge in [-0.25, -0.2) is 0 Å². The maximum Gasteiger partial charge on any atom is 0.119 e. The van der Waals surface area contributed by atoms with Crippen LogP contribution in [-0.2, 0) is 0 Å². The van der Waals surface area contributed by atoms with E-state index in [1.165, 1.54) is 0 Å². The molecule has 0 fully saturated rings. The minimum atomic E-state index is 0.727. The lowest BCUT2D eigenvalue weighted by Gasteiger charge is -2.09. The van der Waals surface area contributed by atoms with Crippen molar-refractivity contribution in [1.82, 2.24) is 9.97 Å². The fraction of sp³-hybridized carbons (Fsp3) is 0.214. The fourth-order valence-electron chi connectivity index (χ4n) is 3.54. The molecule has 0 aliphatic heterocycles. The number of unbranched alkanes of at least 4 members (excludes halogenated alkanes) is 3. The Labute approximate surface area is 189 Å². The average molecular weight is 425 g/mol. The van der Waals surface area contributed by atoms with E-state index in [9.17, 15) is 0 Å². The number of benzene rings is 2. The Morgan fingerprint density at radius 2 is 0.969 bits per heavy atom. The van der Waals surface area contributed by atoms with Crippen molar-refractivity contribution < 1.29 is 9.47 Å². The number of rotatable bonds is 11. The van der Waals surface area contributed by atoms with Crippen LogP contribution in [0.1, 0.15) is 25.7 Å². The number of hydrogen-bond donors (Lipinski definition) is 0. The molecule has 2 aromatic heterocycles. The zero-order valence-corrected chi connectivity index (χ0v) is 18.2. The summed E-state index contributed by atoms with van der Waals surface area (Å²) < 4.78 is 11.9. The fourth-order valence-corrected chi connectivity index (χ4v) is 3.54. The van der Waals surface area contributed by atoms with Crippen molar-refractivity contribution in [2.45, 2.75) is 25.7 Å². The number of ether oxygens (including phenoxy) is 2. The molecule has 0 radical (unpaired) electrons. The molecular formula is C28H28N2O2. The van der Waals surface area contributed by atoms with Gasteiger partial charge in [0, 0.05) is 35.9 Å². The molecule has 4 rings (SSSR count). The van der Waals surface area contributed by atoms with Crippen LogP contribution in [0, 0.1) is 0 Å². The maximum atomic E-state index is 5.94. The van der Waals surface area contributed by atoms with Gasteiger partial charge in [-0.1, -0.05) is 36.4 Å². The molecule has 0 spiro atoms. The van der Waals surface area contributed by atoms with Gasteiger partial charge < -0.3 is 9.47 Å². The molecule has 0 N–H and O–H groups in total. The highest BCUT2D eigenvalue weighted by atomic mass is 16.5. The number of pyridine rings is 2. The number of nitrogens with zero attached hydrogens (tertiary/aromatic N) is 2. The van der Waals surface area contributed by atoms with Crippen LogP contribution in [0.15, 0.2) is 97.6 Å². The molecular weight excluding hydrogens is 396 g/mol. The van der Waals surface area contributed by atoms with Crippen molar-refractivity contribution in [2.24, 2.45) is 0 Å². The van der Waals surface area contributed by atoms with Gasteiger partial charge in [-0.05, 0) is 73.2 Å². The van der Waals surface area contributed by atoms with Gasteiger partial charge in [-0.3, -0.25) is 9.97 Å². The second-order valence-corrected chi connectivity index (χ2v) is 7.65. The zero-order chi connectivity index (χ0) is 21.8. The third-order valence-electron chi connectivity index (χ3n) is 5.23. The lowest BCUT2D eigenvalue weighted by molar-refractivity contribution is 0.287. The van der Waals surface area contributed by atoms with Gasteiger partial charge in [0.05, 0.1) is 13.2 Å². The van der Waals surface area contributed by atoms with Crippen LogP contribution in [0.2, 0.25) is 0 Å². The van der Waals surface area contributed by atoms with Gasteiger partial charge >= 0.3 is 0 Å². The predicted octanol–water partition coefficient (Wildman–Crippen LogP) is 6.83. The summed E-state index contributed by atoms with van der Waals surface area (Å²) in [6.45, 7) is 1.45. The first-order valence-corrected chi connectivity index (χ1v) is 11.1. The summed E-state index contributed by atoms with van der Waals surface area (Å²) in [7, 11) is 0. The van der Waals surface area contributed by atoms with Crippen LogP contribution >= 0.6 is 0 Å². The van der Waals surface area contributed by atoms with Gasteiger partial charge in [0.1, 0.15) is 11.5 Å². The molecule has 4 heteroatoms. The van der Waals surface area contributed by atoms with Crippen molar-refractivity contribution in [2.75, 3.05) is 13.2 Å². The first-order chi connectivity index (χ1) is 15.9. The summed E-state index contributed by atoms with van der Waals surface area (Å²) in [5.41, 5.74) is 4.45. The highest BCUT2D eigenvalue weighted by Crippen LogP contribution is 2.24. The molecule has 162 valence electrons. The Morgan fingerprint density at radius 3 is 1.41 bits per heavy atom. The van der Waals surface area contributed by atoms with E-state index in [0.717, 1.165) is 72.6 Å². The normalized spacial score (nSPS) is 10.6. The van der Waals surface area contributed by atoms with Crippen LogP contribution < -0.4 is 9.47 Å². The molecule has 32 heavy (non-hydrogen) atoms. The summed E-state index contributed by atoms with van der Waals surface area (Å²) in [4.78, 5) is 8.37. The highest BCUT2D eigenvalue weighted by Gasteiger charge is 2.02. The summed E-state index contributed by atoms with van der Waals surface area (Å²) in [6.07, 6.45) is 11.6. The van der Waals surface area contributed by atoms with Gasteiger partial charge in [0.25, 0.3) is 0 Å². The lowest BCUT2D eigenvalue weighted by atomic mass is 10.1. The molecule has 0 aliphatic carbocycles. The van der Waals surface area contributed by atoms with Crippen LogP contribution in [0.5, 0.6) is 11.5 Å². The quantitative estimate of drug-likeness (QED) is 0.248. The van der Waals surface area contributed by atoms with Crippen LogP contribution in [0.25, 0.3) is 22.3 Å². The van der Waals surface area contributed by atoms with Gasteiger partial charge in [0.2, 0.25) is 0 Å². The molecule has 0 saturated carbocycles.